The van der Waals surface area contributed by atoms with Crippen molar-refractivity contribution >= 4 is 23.5 Å². The van der Waals surface area contributed by atoms with Crippen LogP contribution in [0.25, 0.3) is 11.1 Å². The highest BCUT2D eigenvalue weighted by atomic mass is 19.3. The fourth-order valence-corrected chi connectivity index (χ4v) is 6.40. The van der Waals surface area contributed by atoms with E-state index in [1.165, 1.54) is 4.90 Å². The van der Waals surface area contributed by atoms with E-state index in [9.17, 15) is 23.5 Å². The fourth-order valence-electron chi connectivity index (χ4n) is 6.40. The van der Waals surface area contributed by atoms with Crippen LogP contribution in [0.4, 0.5) is 25.1 Å². The van der Waals surface area contributed by atoms with Crippen LogP contribution in [-0.2, 0) is 31.2 Å². The molecule has 3 aliphatic heterocycles. The number of rotatable bonds is 4. The van der Waals surface area contributed by atoms with Crippen molar-refractivity contribution < 1.29 is 23.5 Å². The molecule has 212 valence electrons. The van der Waals surface area contributed by atoms with Crippen molar-refractivity contribution in [3.8, 4) is 11.1 Å². The Balaban J connectivity index is 1.43. The summed E-state index contributed by atoms with van der Waals surface area (Å²) >= 11 is 0. The number of benzene rings is 1. The molecule has 0 spiro atoms. The maximum absolute atomic E-state index is 14.4. The van der Waals surface area contributed by atoms with Crippen LogP contribution in [0, 0.1) is 0 Å². The Kier molecular flexibility index (Phi) is 6.71. The largest absolute Gasteiger partial charge is 0.465 e. The summed E-state index contributed by atoms with van der Waals surface area (Å²) in [6.45, 7) is 4.05. The summed E-state index contributed by atoms with van der Waals surface area (Å²) in [6.07, 6.45) is 3.29. The van der Waals surface area contributed by atoms with E-state index >= 15 is 0 Å². The van der Waals surface area contributed by atoms with E-state index in [-0.39, 0.29) is 24.1 Å². The first kappa shape index (κ1) is 26.3. The van der Waals surface area contributed by atoms with Gasteiger partial charge in [-0.1, -0.05) is 0 Å². The monoisotopic (exact) mass is 553 g/mol. The average molecular weight is 554 g/mol. The van der Waals surface area contributed by atoms with Gasteiger partial charge in [0, 0.05) is 80.8 Å². The zero-order valence-corrected chi connectivity index (χ0v) is 22.7. The highest BCUT2D eigenvalue weighted by Gasteiger charge is 2.35. The van der Waals surface area contributed by atoms with E-state index < -0.39 is 12.5 Å². The number of amides is 2. The first-order valence-corrected chi connectivity index (χ1v) is 13.8. The molecule has 1 N–H and O–H groups in total. The highest BCUT2D eigenvalue weighted by molar-refractivity contribution is 5.77. The van der Waals surface area contributed by atoms with Gasteiger partial charge in [-0.2, -0.15) is 10.2 Å². The van der Waals surface area contributed by atoms with E-state index in [0.717, 1.165) is 42.5 Å². The van der Waals surface area contributed by atoms with Gasteiger partial charge in [0.15, 0.2) is 5.82 Å². The maximum Gasteiger partial charge on any atom is 0.407 e. The van der Waals surface area contributed by atoms with Gasteiger partial charge >= 0.3 is 6.09 Å². The van der Waals surface area contributed by atoms with Crippen LogP contribution < -0.4 is 4.90 Å². The number of anilines is 2. The minimum absolute atomic E-state index is 0.0594. The molecule has 1 aromatic carbocycles. The molecule has 1 fully saturated rings. The quantitative estimate of drug-likeness (QED) is 0.510. The van der Waals surface area contributed by atoms with Crippen molar-refractivity contribution in [1.82, 2.24) is 29.4 Å². The number of carbonyl (C=O) groups is 2. The van der Waals surface area contributed by atoms with Gasteiger partial charge in [0.2, 0.25) is 5.91 Å². The molecule has 40 heavy (non-hydrogen) atoms. The lowest BCUT2D eigenvalue weighted by molar-refractivity contribution is -0.130. The van der Waals surface area contributed by atoms with Crippen molar-refractivity contribution in [3.05, 3.63) is 46.9 Å². The summed E-state index contributed by atoms with van der Waals surface area (Å²) < 4.78 is 32.4. The van der Waals surface area contributed by atoms with Crippen LogP contribution in [0.15, 0.2) is 24.5 Å². The third kappa shape index (κ3) is 4.58. The van der Waals surface area contributed by atoms with Crippen LogP contribution in [0.2, 0.25) is 0 Å². The maximum atomic E-state index is 14.4. The van der Waals surface area contributed by atoms with E-state index in [0.29, 0.717) is 55.2 Å². The number of carbonyl (C=O) groups excluding carboxylic acids is 1. The molecule has 0 unspecified atom stereocenters. The van der Waals surface area contributed by atoms with Crippen LogP contribution in [0.5, 0.6) is 0 Å². The predicted octanol–water partition coefficient (Wildman–Crippen LogP) is 4.53. The van der Waals surface area contributed by atoms with Gasteiger partial charge in [-0.05, 0) is 48.9 Å². The molecule has 2 aromatic heterocycles. The minimum Gasteiger partial charge on any atom is -0.465 e. The zero-order chi connectivity index (χ0) is 28.1. The zero-order valence-electron chi connectivity index (χ0n) is 22.7. The van der Waals surface area contributed by atoms with Gasteiger partial charge in [0.25, 0.3) is 6.43 Å². The molecular weight excluding hydrogens is 520 g/mol. The molecule has 3 aromatic rings. The predicted molar refractivity (Wildman–Crippen MR) is 144 cm³/mol. The Morgan fingerprint density at radius 2 is 1.85 bits per heavy atom. The summed E-state index contributed by atoms with van der Waals surface area (Å²) in [5, 5.41) is 19.0. The molecular formula is C28H33F2N7O3. The SMILES string of the molecule is CC(=O)N1CCC(n2nc(N3CCCc4cc(-c5cnn(C)c5)c(C(F)F)cc43)c3c2CCN(C(=O)O)C3)CC1. The molecule has 0 radical (unpaired) electrons. The van der Waals surface area contributed by atoms with Gasteiger partial charge in [-0.25, -0.2) is 13.6 Å². The van der Waals surface area contributed by atoms with Crippen molar-refractivity contribution in [2.75, 3.05) is 31.1 Å². The Labute approximate surface area is 230 Å². The number of carboxylic acid groups (broad SMARTS) is 1. The number of aryl methyl sites for hydroxylation is 2. The van der Waals surface area contributed by atoms with Gasteiger partial charge < -0.3 is 19.8 Å². The van der Waals surface area contributed by atoms with Crippen molar-refractivity contribution in [2.45, 2.75) is 58.0 Å². The molecule has 0 saturated carbocycles. The second-order valence-electron chi connectivity index (χ2n) is 10.9. The number of nitrogens with zero attached hydrogens (tertiary/aromatic N) is 7. The number of alkyl halides is 2. The normalized spacial score (nSPS) is 17.8. The number of fused-ring (bicyclic) bond motifs is 2. The number of hydrogen-bond acceptors (Lipinski definition) is 5. The van der Waals surface area contributed by atoms with Crippen LogP contribution in [-0.4, -0.2) is 72.6 Å². The lowest BCUT2D eigenvalue weighted by Gasteiger charge is -2.33. The molecule has 0 bridgehead atoms. The lowest BCUT2D eigenvalue weighted by atomic mass is 9.92. The molecule has 12 heteroatoms. The van der Waals surface area contributed by atoms with E-state index in [1.807, 2.05) is 20.5 Å². The van der Waals surface area contributed by atoms with Gasteiger partial charge in [-0.15, -0.1) is 0 Å². The molecule has 2 amide bonds. The Bertz CT molecular complexity index is 1460. The molecule has 10 nitrogen and oxygen atoms in total. The Morgan fingerprint density at radius 1 is 1.07 bits per heavy atom. The number of halogens is 2. The first-order chi connectivity index (χ1) is 19.2. The lowest BCUT2D eigenvalue weighted by Crippen LogP contribution is -2.39. The van der Waals surface area contributed by atoms with Crippen molar-refractivity contribution in [2.24, 2.45) is 7.05 Å². The Hall–Kier alpha value is -3.96. The fraction of sp³-hybridized carbons (Fsp3) is 0.500. The van der Waals surface area contributed by atoms with E-state index in [1.54, 1.807) is 37.1 Å². The first-order valence-electron chi connectivity index (χ1n) is 13.8. The standard InChI is InChI=1S/C28H33F2N7O3/c1-17(38)34-9-5-20(6-10-34)37-24-7-11-35(28(39)40)16-23(24)27(32-37)36-8-3-4-18-12-21(19-14-31-33(2)15-19)22(26(29)30)13-25(18)36/h12-15,20,26H,3-11,16H2,1-2H3,(H,39,40). The molecule has 5 heterocycles. The molecule has 0 atom stereocenters. The van der Waals surface area contributed by atoms with Crippen molar-refractivity contribution in [3.63, 3.8) is 0 Å². The smallest absolute Gasteiger partial charge is 0.407 e. The number of likely N-dealkylation sites (tertiary alicyclic amines) is 1. The second kappa shape index (κ2) is 10.2. The van der Waals surface area contributed by atoms with Gasteiger partial charge in [0.05, 0.1) is 18.8 Å². The Morgan fingerprint density at radius 3 is 2.50 bits per heavy atom. The van der Waals surface area contributed by atoms with Gasteiger partial charge in [-0.3, -0.25) is 14.2 Å². The van der Waals surface area contributed by atoms with E-state index in [4.69, 9.17) is 5.10 Å². The van der Waals surface area contributed by atoms with Gasteiger partial charge in [0.1, 0.15) is 0 Å². The summed E-state index contributed by atoms with van der Waals surface area (Å²) in [7, 11) is 1.76. The number of piperidine rings is 1. The van der Waals surface area contributed by atoms with Crippen LogP contribution in [0.3, 0.4) is 0 Å². The third-order valence-corrected chi connectivity index (χ3v) is 8.47. The average Bonchev–Trinajstić information content (AvgIpc) is 3.55. The number of hydrogen-bond donors (Lipinski definition) is 1. The topological polar surface area (TPSA) is 99.7 Å². The highest BCUT2D eigenvalue weighted by Crippen LogP contribution is 2.43. The molecule has 1 saturated heterocycles. The van der Waals surface area contributed by atoms with Crippen LogP contribution >= 0.6 is 0 Å². The van der Waals surface area contributed by atoms with Crippen LogP contribution in [0.1, 0.15) is 61.0 Å². The van der Waals surface area contributed by atoms with E-state index in [2.05, 4.69) is 5.10 Å². The third-order valence-electron chi connectivity index (χ3n) is 8.47. The summed E-state index contributed by atoms with van der Waals surface area (Å²) in [6, 6.07) is 3.52. The molecule has 3 aliphatic rings. The minimum atomic E-state index is -2.68. The number of aromatic nitrogens is 4. The summed E-state index contributed by atoms with van der Waals surface area (Å²) in [5.74, 6) is 0.703. The second-order valence-corrected chi connectivity index (χ2v) is 10.9. The summed E-state index contributed by atoms with van der Waals surface area (Å²) in [4.78, 5) is 29.0. The van der Waals surface area contributed by atoms with Crippen molar-refractivity contribution in [1.29, 1.82) is 0 Å². The molecule has 6 rings (SSSR count). The summed E-state index contributed by atoms with van der Waals surface area (Å²) in [5.41, 5.74) is 4.56. The molecule has 0 aliphatic carbocycles.